The van der Waals surface area contributed by atoms with Crippen molar-refractivity contribution < 1.29 is 27.5 Å². The van der Waals surface area contributed by atoms with E-state index >= 15 is 0 Å². The minimum Gasteiger partial charge on any atom is -0.482 e. The number of alkyl halides is 3. The van der Waals surface area contributed by atoms with Crippen molar-refractivity contribution in [2.45, 2.75) is 19.5 Å². The van der Waals surface area contributed by atoms with Crippen LogP contribution in [0.4, 0.5) is 23.7 Å². The summed E-state index contributed by atoms with van der Waals surface area (Å²) in [6.45, 7) is 0.575. The Balaban J connectivity index is 2.51. The number of amides is 3. The number of benzene rings is 1. The highest BCUT2D eigenvalue weighted by atomic mass is 19.4. The quantitative estimate of drug-likeness (QED) is 0.715. The SMILES string of the molecule is CCCNC(=O)NC(=O)CNc1ccccc1OCC(F)(F)F. The second kappa shape index (κ2) is 8.86. The van der Waals surface area contributed by atoms with E-state index in [1.807, 2.05) is 6.92 Å². The normalized spacial score (nSPS) is 10.8. The van der Waals surface area contributed by atoms with Gasteiger partial charge < -0.3 is 15.4 Å². The van der Waals surface area contributed by atoms with Gasteiger partial charge in [-0.2, -0.15) is 13.2 Å². The van der Waals surface area contributed by atoms with E-state index in [1.54, 1.807) is 6.07 Å². The first kappa shape index (κ1) is 18.6. The van der Waals surface area contributed by atoms with E-state index in [0.717, 1.165) is 6.42 Å². The Bertz CT molecular complexity index is 535. The van der Waals surface area contributed by atoms with Crippen molar-refractivity contribution >= 4 is 17.6 Å². The van der Waals surface area contributed by atoms with Gasteiger partial charge in [-0.05, 0) is 18.6 Å². The lowest BCUT2D eigenvalue weighted by atomic mass is 10.3. The van der Waals surface area contributed by atoms with Crippen molar-refractivity contribution in [1.29, 1.82) is 0 Å². The molecule has 0 aliphatic rings. The number of rotatable bonds is 7. The highest BCUT2D eigenvalue weighted by Gasteiger charge is 2.28. The molecule has 0 spiro atoms. The fraction of sp³-hybridized carbons (Fsp3) is 0.429. The Morgan fingerprint density at radius 1 is 1.22 bits per heavy atom. The highest BCUT2D eigenvalue weighted by Crippen LogP contribution is 2.25. The maximum Gasteiger partial charge on any atom is 0.422 e. The van der Waals surface area contributed by atoms with Gasteiger partial charge in [0.25, 0.3) is 0 Å². The molecule has 23 heavy (non-hydrogen) atoms. The first-order valence-corrected chi connectivity index (χ1v) is 6.92. The van der Waals surface area contributed by atoms with Crippen molar-refractivity contribution in [3.8, 4) is 5.75 Å². The molecule has 0 atom stereocenters. The lowest BCUT2D eigenvalue weighted by Gasteiger charge is -2.14. The summed E-state index contributed by atoms with van der Waals surface area (Å²) < 4.78 is 41.2. The second-order valence-electron chi connectivity index (χ2n) is 4.56. The minimum absolute atomic E-state index is 0.0342. The van der Waals surface area contributed by atoms with Crippen LogP contribution >= 0.6 is 0 Å². The second-order valence-corrected chi connectivity index (χ2v) is 4.56. The summed E-state index contributed by atoms with van der Waals surface area (Å²) in [4.78, 5) is 22.8. The van der Waals surface area contributed by atoms with Gasteiger partial charge in [0, 0.05) is 6.54 Å². The molecule has 0 saturated carbocycles. The van der Waals surface area contributed by atoms with Crippen molar-refractivity contribution in [2.24, 2.45) is 0 Å². The van der Waals surface area contributed by atoms with Crippen LogP contribution in [0.5, 0.6) is 5.75 Å². The van der Waals surface area contributed by atoms with Crippen molar-refractivity contribution in [3.63, 3.8) is 0 Å². The van der Waals surface area contributed by atoms with Gasteiger partial charge in [0.15, 0.2) is 6.61 Å². The number of anilines is 1. The largest absolute Gasteiger partial charge is 0.482 e. The van der Waals surface area contributed by atoms with Crippen LogP contribution in [0.25, 0.3) is 0 Å². The number of carbonyl (C=O) groups is 2. The zero-order chi connectivity index (χ0) is 17.3. The molecular formula is C14H18F3N3O3. The molecular weight excluding hydrogens is 315 g/mol. The molecule has 0 unspecified atom stereocenters. The van der Waals surface area contributed by atoms with Gasteiger partial charge in [-0.3, -0.25) is 10.1 Å². The Morgan fingerprint density at radius 3 is 2.57 bits per heavy atom. The van der Waals surface area contributed by atoms with Crippen LogP contribution in [-0.2, 0) is 4.79 Å². The lowest BCUT2D eigenvalue weighted by molar-refractivity contribution is -0.153. The van der Waals surface area contributed by atoms with Gasteiger partial charge in [-0.15, -0.1) is 0 Å². The molecule has 128 valence electrons. The van der Waals surface area contributed by atoms with Gasteiger partial charge in [-0.1, -0.05) is 19.1 Å². The number of imide groups is 1. The number of urea groups is 1. The molecule has 1 aromatic carbocycles. The maximum absolute atomic E-state index is 12.2. The van der Waals surface area contributed by atoms with E-state index in [-0.39, 0.29) is 18.0 Å². The molecule has 0 saturated heterocycles. The number of halogens is 3. The van der Waals surface area contributed by atoms with Gasteiger partial charge in [-0.25, -0.2) is 4.79 Å². The highest BCUT2D eigenvalue weighted by molar-refractivity contribution is 5.96. The molecule has 0 heterocycles. The molecule has 9 heteroatoms. The summed E-state index contributed by atoms with van der Waals surface area (Å²) in [5, 5.41) is 7.18. The molecule has 1 rings (SSSR count). The predicted octanol–water partition coefficient (Wildman–Crippen LogP) is 2.28. The summed E-state index contributed by atoms with van der Waals surface area (Å²) >= 11 is 0. The summed E-state index contributed by atoms with van der Waals surface area (Å²) in [6.07, 6.45) is -3.73. The van der Waals surface area contributed by atoms with Crippen LogP contribution in [0.15, 0.2) is 24.3 Å². The third-order valence-corrected chi connectivity index (χ3v) is 2.51. The Kier molecular flexibility index (Phi) is 7.17. The van der Waals surface area contributed by atoms with Gasteiger partial charge >= 0.3 is 12.2 Å². The number of nitrogens with one attached hydrogen (secondary N) is 3. The van der Waals surface area contributed by atoms with Crippen LogP contribution in [0.2, 0.25) is 0 Å². The van der Waals surface area contributed by atoms with Gasteiger partial charge in [0.2, 0.25) is 5.91 Å². The van der Waals surface area contributed by atoms with Crippen molar-refractivity contribution in [3.05, 3.63) is 24.3 Å². The molecule has 1 aromatic rings. The van der Waals surface area contributed by atoms with Crippen molar-refractivity contribution in [2.75, 3.05) is 25.0 Å². The first-order chi connectivity index (χ1) is 10.8. The van der Waals surface area contributed by atoms with Crippen molar-refractivity contribution in [1.82, 2.24) is 10.6 Å². The fourth-order valence-corrected chi connectivity index (χ4v) is 1.53. The predicted molar refractivity (Wildman–Crippen MR) is 78.3 cm³/mol. The Morgan fingerprint density at radius 2 is 1.91 bits per heavy atom. The van der Waals surface area contributed by atoms with E-state index in [1.165, 1.54) is 18.2 Å². The van der Waals surface area contributed by atoms with E-state index in [2.05, 4.69) is 20.7 Å². The number of ether oxygens (including phenoxy) is 1. The average molecular weight is 333 g/mol. The van der Waals surface area contributed by atoms with E-state index in [4.69, 9.17) is 0 Å². The Labute approximate surface area is 131 Å². The van der Waals surface area contributed by atoms with Crippen LogP contribution in [-0.4, -0.2) is 37.8 Å². The lowest BCUT2D eigenvalue weighted by Crippen LogP contribution is -2.42. The Hall–Kier alpha value is -2.45. The summed E-state index contributed by atoms with van der Waals surface area (Å²) in [5.41, 5.74) is 0.223. The fourth-order valence-electron chi connectivity index (χ4n) is 1.53. The third kappa shape index (κ3) is 7.93. The molecule has 6 nitrogen and oxygen atoms in total. The molecule has 0 aliphatic heterocycles. The summed E-state index contributed by atoms with van der Waals surface area (Å²) in [6, 6.07) is 5.28. The number of carbonyl (C=O) groups excluding carboxylic acids is 2. The number of hydrogen-bond acceptors (Lipinski definition) is 4. The summed E-state index contributed by atoms with van der Waals surface area (Å²) in [5.74, 6) is -0.655. The molecule has 3 N–H and O–H groups in total. The van der Waals surface area contributed by atoms with E-state index in [9.17, 15) is 22.8 Å². The van der Waals surface area contributed by atoms with Gasteiger partial charge in [0.05, 0.1) is 12.2 Å². The number of para-hydroxylation sites is 2. The topological polar surface area (TPSA) is 79.5 Å². The molecule has 0 fully saturated rings. The zero-order valence-corrected chi connectivity index (χ0v) is 12.5. The van der Waals surface area contributed by atoms with E-state index in [0.29, 0.717) is 6.54 Å². The minimum atomic E-state index is -4.46. The first-order valence-electron chi connectivity index (χ1n) is 6.92. The molecule has 0 aliphatic carbocycles. The van der Waals surface area contributed by atoms with Gasteiger partial charge in [0.1, 0.15) is 5.75 Å². The van der Waals surface area contributed by atoms with Crippen LogP contribution in [0.1, 0.15) is 13.3 Å². The molecule has 0 radical (unpaired) electrons. The monoisotopic (exact) mass is 333 g/mol. The zero-order valence-electron chi connectivity index (χ0n) is 12.5. The average Bonchev–Trinajstić information content (AvgIpc) is 2.49. The molecule has 0 aromatic heterocycles. The van der Waals surface area contributed by atoms with E-state index < -0.39 is 24.7 Å². The third-order valence-electron chi connectivity index (χ3n) is 2.51. The van der Waals surface area contributed by atoms with Crippen LogP contribution in [0.3, 0.4) is 0 Å². The standard InChI is InChI=1S/C14H18F3N3O3/c1-2-7-18-13(22)20-12(21)8-19-10-5-3-4-6-11(10)23-9-14(15,16)17/h3-6,19H,2,7-9H2,1H3,(H2,18,20,21,22). The number of hydrogen-bond donors (Lipinski definition) is 3. The maximum atomic E-state index is 12.2. The molecule has 0 bridgehead atoms. The molecule has 3 amide bonds. The smallest absolute Gasteiger partial charge is 0.422 e. The summed E-state index contributed by atoms with van der Waals surface area (Å²) in [7, 11) is 0. The van der Waals surface area contributed by atoms with Crippen LogP contribution < -0.4 is 20.7 Å². The van der Waals surface area contributed by atoms with Crippen LogP contribution in [0, 0.1) is 0 Å².